The van der Waals surface area contributed by atoms with Gasteiger partial charge in [0.25, 0.3) is 0 Å². The van der Waals surface area contributed by atoms with Crippen LogP contribution in [0.3, 0.4) is 0 Å². The Morgan fingerprint density at radius 1 is 1.27 bits per heavy atom. The van der Waals surface area contributed by atoms with Crippen LogP contribution < -0.4 is 0 Å². The highest BCUT2D eigenvalue weighted by atomic mass is 16.6. The lowest BCUT2D eigenvalue weighted by molar-refractivity contribution is -0.287. The van der Waals surface area contributed by atoms with Gasteiger partial charge in [-0.05, 0) is 45.3 Å². The van der Waals surface area contributed by atoms with E-state index < -0.39 is 58.6 Å². The second-order valence-electron chi connectivity index (χ2n) is 9.21. The molecule has 0 amide bonds. The van der Waals surface area contributed by atoms with Gasteiger partial charge in [0, 0.05) is 18.1 Å². The first-order valence-corrected chi connectivity index (χ1v) is 10.1. The molecule has 1 aromatic heterocycles. The Labute approximate surface area is 173 Å². The van der Waals surface area contributed by atoms with Crippen molar-refractivity contribution in [1.82, 2.24) is 0 Å². The minimum Gasteiger partial charge on any atom is -0.472 e. The van der Waals surface area contributed by atoms with E-state index in [4.69, 9.17) is 18.6 Å². The van der Waals surface area contributed by atoms with E-state index in [-0.39, 0.29) is 0 Å². The van der Waals surface area contributed by atoms with Crippen LogP contribution in [0.1, 0.15) is 52.2 Å². The van der Waals surface area contributed by atoms with E-state index in [1.165, 1.54) is 19.5 Å². The van der Waals surface area contributed by atoms with Crippen LogP contribution in [0.5, 0.6) is 0 Å². The predicted molar refractivity (Wildman–Crippen MR) is 99.6 cm³/mol. The van der Waals surface area contributed by atoms with Gasteiger partial charge in [-0.1, -0.05) is 0 Å². The monoisotopic (exact) mass is 416 g/mol. The van der Waals surface area contributed by atoms with Gasteiger partial charge < -0.3 is 23.7 Å². The average molecular weight is 416 g/mol. The molecule has 2 saturated heterocycles. The number of cyclic esters (lactones) is 1. The van der Waals surface area contributed by atoms with E-state index >= 15 is 0 Å². The first-order chi connectivity index (χ1) is 14.1. The summed E-state index contributed by atoms with van der Waals surface area (Å²) in [5.74, 6) is -2.29. The SMILES string of the molecule is CC(=O)O[C@H]1[C@H]2C(=C(C)C(=O)O[C@@H]2c2ccoc2)[C@@]2(C)[C@H]3CC[C@](C)(C(=O)O3)[C@@]12O. The molecule has 2 bridgehead atoms. The maximum atomic E-state index is 12.9. The summed E-state index contributed by atoms with van der Waals surface area (Å²) in [5.41, 5.74) is -2.60. The summed E-state index contributed by atoms with van der Waals surface area (Å²) in [6.07, 6.45) is 1.30. The Kier molecular flexibility index (Phi) is 3.71. The van der Waals surface area contributed by atoms with Crippen molar-refractivity contribution in [2.75, 3.05) is 0 Å². The summed E-state index contributed by atoms with van der Waals surface area (Å²) in [7, 11) is 0. The van der Waals surface area contributed by atoms with Crippen LogP contribution in [-0.4, -0.2) is 40.8 Å². The van der Waals surface area contributed by atoms with Gasteiger partial charge in [-0.3, -0.25) is 9.59 Å². The first-order valence-electron chi connectivity index (χ1n) is 10.1. The minimum absolute atomic E-state index is 0.350. The molecule has 4 fully saturated rings. The number of aliphatic hydroxyl groups is 1. The van der Waals surface area contributed by atoms with Gasteiger partial charge in [0.1, 0.15) is 23.9 Å². The number of furan rings is 1. The van der Waals surface area contributed by atoms with E-state index in [1.54, 1.807) is 19.9 Å². The zero-order valence-corrected chi connectivity index (χ0v) is 17.3. The van der Waals surface area contributed by atoms with Crippen molar-refractivity contribution in [2.45, 2.75) is 64.4 Å². The fourth-order valence-corrected chi connectivity index (χ4v) is 6.54. The topological polar surface area (TPSA) is 112 Å². The average Bonchev–Trinajstić information content (AvgIpc) is 3.28. The molecule has 5 aliphatic rings. The lowest BCUT2D eigenvalue weighted by Gasteiger charge is -2.62. The molecule has 0 unspecified atom stereocenters. The fraction of sp³-hybridized carbons (Fsp3) is 0.591. The maximum Gasteiger partial charge on any atom is 0.334 e. The molecule has 0 spiro atoms. The molecule has 0 radical (unpaired) electrons. The standard InChI is InChI=1S/C22H24O8/c1-10-15-14(16(30-18(10)24)12-6-8-27-9-12)17(28-11(2)23)22(26)20(3)7-5-13(21(15,22)4)29-19(20)25/h6,8-9,13-14,16-17,26H,5,7H2,1-4H3/t13-,14+,16-,17+,20-,21-,22+/m1/s1. The molecule has 8 nitrogen and oxygen atoms in total. The molecule has 2 aliphatic carbocycles. The molecule has 1 aromatic rings. The summed E-state index contributed by atoms with van der Waals surface area (Å²) in [6, 6.07) is 1.67. The van der Waals surface area contributed by atoms with Gasteiger partial charge in [-0.25, -0.2) is 4.79 Å². The lowest BCUT2D eigenvalue weighted by Crippen LogP contribution is -2.74. The van der Waals surface area contributed by atoms with Crippen molar-refractivity contribution < 1.29 is 38.1 Å². The van der Waals surface area contributed by atoms with E-state index in [0.29, 0.717) is 29.6 Å². The van der Waals surface area contributed by atoms with Crippen molar-refractivity contribution in [3.05, 3.63) is 35.3 Å². The molecule has 30 heavy (non-hydrogen) atoms. The summed E-state index contributed by atoms with van der Waals surface area (Å²) in [6.45, 7) is 6.37. The van der Waals surface area contributed by atoms with Gasteiger partial charge in [0.05, 0.1) is 29.3 Å². The number of ether oxygens (including phenoxy) is 3. The number of esters is 3. The molecule has 2 saturated carbocycles. The Hall–Kier alpha value is -2.61. The minimum atomic E-state index is -1.76. The second kappa shape index (κ2) is 5.75. The molecule has 0 aromatic carbocycles. The molecule has 6 rings (SSSR count). The van der Waals surface area contributed by atoms with Crippen LogP contribution >= 0.6 is 0 Å². The zero-order valence-electron chi connectivity index (χ0n) is 17.3. The summed E-state index contributed by atoms with van der Waals surface area (Å²) in [5, 5.41) is 12.3. The number of carbonyl (C=O) groups excluding carboxylic acids is 3. The van der Waals surface area contributed by atoms with Crippen molar-refractivity contribution in [3.63, 3.8) is 0 Å². The normalized spacial score (nSPS) is 44.3. The third kappa shape index (κ3) is 1.93. The largest absolute Gasteiger partial charge is 0.472 e. The van der Waals surface area contributed by atoms with Crippen molar-refractivity contribution >= 4 is 17.9 Å². The number of fused-ring (bicyclic) bond motifs is 3. The van der Waals surface area contributed by atoms with E-state index in [9.17, 15) is 19.5 Å². The summed E-state index contributed by atoms with van der Waals surface area (Å²) in [4.78, 5) is 37.9. The predicted octanol–water partition coefficient (Wildman–Crippen LogP) is 2.22. The number of rotatable bonds is 2. The number of hydrogen-bond acceptors (Lipinski definition) is 8. The van der Waals surface area contributed by atoms with E-state index in [0.717, 1.165) is 0 Å². The van der Waals surface area contributed by atoms with Crippen LogP contribution in [0.2, 0.25) is 0 Å². The highest BCUT2D eigenvalue weighted by Crippen LogP contribution is 2.72. The smallest absolute Gasteiger partial charge is 0.334 e. The molecular formula is C22H24O8. The van der Waals surface area contributed by atoms with Crippen molar-refractivity contribution in [3.8, 4) is 0 Å². The summed E-state index contributed by atoms with van der Waals surface area (Å²) >= 11 is 0. The molecular weight excluding hydrogens is 392 g/mol. The van der Waals surface area contributed by atoms with Crippen LogP contribution in [0, 0.1) is 16.7 Å². The number of carbonyl (C=O) groups is 3. The van der Waals surface area contributed by atoms with Crippen molar-refractivity contribution in [1.29, 1.82) is 0 Å². The van der Waals surface area contributed by atoms with Crippen LogP contribution in [-0.2, 0) is 28.6 Å². The van der Waals surface area contributed by atoms with Gasteiger partial charge >= 0.3 is 17.9 Å². The zero-order chi connectivity index (χ0) is 21.6. The first kappa shape index (κ1) is 19.4. The van der Waals surface area contributed by atoms with E-state index in [2.05, 4.69) is 0 Å². The highest BCUT2D eigenvalue weighted by molar-refractivity contribution is 5.92. The Morgan fingerprint density at radius 3 is 2.60 bits per heavy atom. The van der Waals surface area contributed by atoms with Crippen LogP contribution in [0.25, 0.3) is 0 Å². The number of hydrogen-bond donors (Lipinski definition) is 1. The quantitative estimate of drug-likeness (QED) is 0.577. The highest BCUT2D eigenvalue weighted by Gasteiger charge is 2.83. The van der Waals surface area contributed by atoms with Gasteiger partial charge in [0.2, 0.25) is 0 Å². The van der Waals surface area contributed by atoms with Crippen LogP contribution in [0.4, 0.5) is 0 Å². The van der Waals surface area contributed by atoms with Crippen molar-refractivity contribution in [2.24, 2.45) is 16.7 Å². The Morgan fingerprint density at radius 2 is 2.00 bits per heavy atom. The summed E-state index contributed by atoms with van der Waals surface area (Å²) < 4.78 is 22.4. The third-order valence-electron chi connectivity index (χ3n) is 7.95. The van der Waals surface area contributed by atoms with Crippen LogP contribution in [0.15, 0.2) is 34.2 Å². The molecule has 1 N–H and O–H groups in total. The molecule has 3 aliphatic heterocycles. The van der Waals surface area contributed by atoms with Gasteiger partial charge in [0.15, 0.2) is 0 Å². The Bertz CT molecular complexity index is 993. The van der Waals surface area contributed by atoms with Gasteiger partial charge in [-0.2, -0.15) is 0 Å². The maximum absolute atomic E-state index is 12.9. The van der Waals surface area contributed by atoms with Gasteiger partial charge in [-0.15, -0.1) is 0 Å². The molecule has 160 valence electrons. The molecule has 8 heteroatoms. The Balaban J connectivity index is 1.82. The van der Waals surface area contributed by atoms with E-state index in [1.807, 2.05) is 6.92 Å². The third-order valence-corrected chi connectivity index (χ3v) is 7.95. The second-order valence-corrected chi connectivity index (χ2v) is 9.21. The molecule has 7 atom stereocenters. The fourth-order valence-electron chi connectivity index (χ4n) is 6.54. The molecule has 4 heterocycles. The lowest BCUT2D eigenvalue weighted by atomic mass is 9.49.